The van der Waals surface area contributed by atoms with Gasteiger partial charge in [-0.1, -0.05) is 55.6 Å². The first-order valence-corrected chi connectivity index (χ1v) is 6.07. The molecule has 1 heterocycles. The summed E-state index contributed by atoms with van der Waals surface area (Å²) < 4.78 is 5.46. The molecule has 16 heavy (non-hydrogen) atoms. The van der Waals surface area contributed by atoms with Crippen molar-refractivity contribution in [2.45, 2.75) is 27.2 Å². The summed E-state index contributed by atoms with van der Waals surface area (Å²) in [7, 11) is 0. The van der Waals surface area contributed by atoms with Crippen molar-refractivity contribution in [2.75, 3.05) is 6.61 Å². The molecule has 0 amide bonds. The van der Waals surface area contributed by atoms with Crippen LogP contribution in [0.2, 0.25) is 15.2 Å². The van der Waals surface area contributed by atoms with Crippen molar-refractivity contribution in [3.05, 3.63) is 21.3 Å². The quantitative estimate of drug-likeness (QED) is 0.739. The molecule has 0 fully saturated rings. The molecule has 1 rings (SSSR count). The molecule has 0 unspecified atom stereocenters. The van der Waals surface area contributed by atoms with Gasteiger partial charge in [0.25, 0.3) is 0 Å². The molecule has 0 saturated carbocycles. The minimum atomic E-state index is 0.205. The fourth-order valence-corrected chi connectivity index (χ4v) is 1.53. The fourth-order valence-electron chi connectivity index (χ4n) is 0.984. The lowest BCUT2D eigenvalue weighted by molar-refractivity contribution is 0.236. The number of halogens is 3. The Morgan fingerprint density at radius 1 is 1.19 bits per heavy atom. The van der Waals surface area contributed by atoms with Crippen molar-refractivity contribution >= 4 is 34.8 Å². The Morgan fingerprint density at radius 3 is 2.38 bits per heavy atom. The van der Waals surface area contributed by atoms with Gasteiger partial charge in [-0.25, -0.2) is 0 Å². The highest BCUT2D eigenvalue weighted by molar-refractivity contribution is 6.42. The summed E-state index contributed by atoms with van der Waals surface area (Å²) in [5.74, 6) is 0.334. The highest BCUT2D eigenvalue weighted by atomic mass is 35.5. The Morgan fingerprint density at radius 2 is 1.81 bits per heavy atom. The number of hydrogen-bond donors (Lipinski definition) is 0. The van der Waals surface area contributed by atoms with Crippen LogP contribution in [0.25, 0.3) is 0 Å². The van der Waals surface area contributed by atoms with Gasteiger partial charge in [-0.05, 0) is 17.9 Å². The fraction of sp³-hybridized carbons (Fsp3) is 0.545. The van der Waals surface area contributed by atoms with Crippen molar-refractivity contribution in [3.8, 4) is 5.88 Å². The minimum absolute atomic E-state index is 0.205. The molecule has 0 aliphatic rings. The zero-order valence-electron chi connectivity index (χ0n) is 9.48. The van der Waals surface area contributed by atoms with E-state index in [1.165, 1.54) is 6.07 Å². The van der Waals surface area contributed by atoms with Crippen LogP contribution in [0.4, 0.5) is 0 Å². The second kappa shape index (κ2) is 5.44. The highest BCUT2D eigenvalue weighted by Crippen LogP contribution is 2.30. The van der Waals surface area contributed by atoms with E-state index in [-0.39, 0.29) is 10.6 Å². The van der Waals surface area contributed by atoms with E-state index in [2.05, 4.69) is 25.8 Å². The van der Waals surface area contributed by atoms with Gasteiger partial charge >= 0.3 is 0 Å². The third kappa shape index (κ3) is 4.36. The Labute approximate surface area is 111 Å². The lowest BCUT2D eigenvalue weighted by Gasteiger charge is -2.18. The van der Waals surface area contributed by atoms with E-state index >= 15 is 0 Å². The van der Waals surface area contributed by atoms with Crippen LogP contribution >= 0.6 is 34.8 Å². The summed E-state index contributed by atoms with van der Waals surface area (Å²) in [5, 5.41) is 0.912. The smallest absolute Gasteiger partial charge is 0.234 e. The van der Waals surface area contributed by atoms with Gasteiger partial charge in [0.2, 0.25) is 5.88 Å². The lowest BCUT2D eigenvalue weighted by atomic mass is 9.93. The second-order valence-corrected chi connectivity index (χ2v) is 5.88. The zero-order chi connectivity index (χ0) is 12.3. The molecule has 0 radical (unpaired) electrons. The van der Waals surface area contributed by atoms with E-state index in [1.54, 1.807) is 0 Å². The second-order valence-electron chi connectivity index (χ2n) is 4.71. The number of aromatic nitrogens is 1. The van der Waals surface area contributed by atoms with Gasteiger partial charge in [0.15, 0.2) is 5.15 Å². The van der Waals surface area contributed by atoms with Crippen molar-refractivity contribution in [1.29, 1.82) is 0 Å². The van der Waals surface area contributed by atoms with Crippen LogP contribution in [-0.4, -0.2) is 11.6 Å². The first-order chi connectivity index (χ1) is 7.29. The van der Waals surface area contributed by atoms with Crippen LogP contribution < -0.4 is 4.74 Å². The van der Waals surface area contributed by atoms with Crippen LogP contribution in [0.5, 0.6) is 5.88 Å². The molecule has 0 aromatic carbocycles. The van der Waals surface area contributed by atoms with Gasteiger partial charge < -0.3 is 4.74 Å². The van der Waals surface area contributed by atoms with E-state index < -0.39 is 0 Å². The Kier molecular flexibility index (Phi) is 4.72. The molecule has 1 aromatic heterocycles. The third-order valence-electron chi connectivity index (χ3n) is 1.95. The number of ether oxygens (including phenoxy) is 1. The van der Waals surface area contributed by atoms with Gasteiger partial charge in [0.05, 0.1) is 11.6 Å². The maximum Gasteiger partial charge on any atom is 0.234 e. The van der Waals surface area contributed by atoms with Crippen LogP contribution in [0.1, 0.15) is 27.2 Å². The molecular formula is C11H14Cl3NO. The summed E-state index contributed by atoms with van der Waals surface area (Å²) in [6, 6.07) is 1.53. The topological polar surface area (TPSA) is 22.1 Å². The highest BCUT2D eigenvalue weighted by Gasteiger charge is 2.12. The van der Waals surface area contributed by atoms with E-state index in [1.807, 2.05) is 0 Å². The van der Waals surface area contributed by atoms with E-state index in [0.29, 0.717) is 22.5 Å². The van der Waals surface area contributed by atoms with Gasteiger partial charge in [-0.3, -0.25) is 0 Å². The number of nitrogens with zero attached hydrogens (tertiary/aromatic N) is 1. The van der Waals surface area contributed by atoms with Gasteiger partial charge in [-0.15, -0.1) is 0 Å². The SMILES string of the molecule is CC(C)(C)CCOc1nc(Cl)c(Cl)cc1Cl. The first-order valence-electron chi connectivity index (χ1n) is 4.94. The maximum absolute atomic E-state index is 5.92. The summed E-state index contributed by atoms with van der Waals surface area (Å²) in [6.07, 6.45) is 0.908. The predicted octanol–water partition coefficient (Wildman–Crippen LogP) is 4.86. The van der Waals surface area contributed by atoms with Crippen LogP contribution in [0.3, 0.4) is 0 Å². The number of rotatable bonds is 3. The van der Waals surface area contributed by atoms with Gasteiger partial charge in [0, 0.05) is 0 Å². The van der Waals surface area contributed by atoms with Crippen LogP contribution in [-0.2, 0) is 0 Å². The molecule has 0 saturated heterocycles. The molecule has 0 aliphatic heterocycles. The van der Waals surface area contributed by atoms with Gasteiger partial charge in [0.1, 0.15) is 5.02 Å². The summed E-state index contributed by atoms with van der Waals surface area (Å²) in [5.41, 5.74) is 0.211. The minimum Gasteiger partial charge on any atom is -0.477 e. The monoisotopic (exact) mass is 281 g/mol. The largest absolute Gasteiger partial charge is 0.477 e. The van der Waals surface area contributed by atoms with Gasteiger partial charge in [-0.2, -0.15) is 4.98 Å². The molecule has 2 nitrogen and oxygen atoms in total. The standard InChI is InChI=1S/C11H14Cl3NO/c1-11(2,3)4-5-16-10-8(13)6-7(12)9(14)15-10/h6H,4-5H2,1-3H3. The Balaban J connectivity index is 2.64. The zero-order valence-corrected chi connectivity index (χ0v) is 11.7. The summed E-state index contributed by atoms with van der Waals surface area (Å²) >= 11 is 17.5. The van der Waals surface area contributed by atoms with Crippen molar-refractivity contribution < 1.29 is 4.74 Å². The Bertz CT molecular complexity index is 374. The average molecular weight is 283 g/mol. The first kappa shape index (κ1) is 13.9. The number of pyridine rings is 1. The van der Waals surface area contributed by atoms with Crippen LogP contribution in [0.15, 0.2) is 6.07 Å². The van der Waals surface area contributed by atoms with E-state index in [9.17, 15) is 0 Å². The summed E-state index contributed by atoms with van der Waals surface area (Å²) in [6.45, 7) is 6.97. The molecule has 0 N–H and O–H groups in total. The van der Waals surface area contributed by atoms with E-state index in [0.717, 1.165) is 6.42 Å². The molecule has 5 heteroatoms. The molecule has 1 aromatic rings. The molecule has 0 spiro atoms. The maximum atomic E-state index is 5.92. The predicted molar refractivity (Wildman–Crippen MR) is 68.8 cm³/mol. The van der Waals surface area contributed by atoms with E-state index in [4.69, 9.17) is 39.5 Å². The van der Waals surface area contributed by atoms with Crippen molar-refractivity contribution in [3.63, 3.8) is 0 Å². The Hall–Kier alpha value is -0.180. The molecular weight excluding hydrogens is 268 g/mol. The molecule has 0 aliphatic carbocycles. The van der Waals surface area contributed by atoms with Crippen molar-refractivity contribution in [2.24, 2.45) is 5.41 Å². The normalized spacial score (nSPS) is 11.6. The third-order valence-corrected chi connectivity index (χ3v) is 2.89. The lowest BCUT2D eigenvalue weighted by Crippen LogP contribution is -2.11. The molecule has 90 valence electrons. The molecule has 0 atom stereocenters. The van der Waals surface area contributed by atoms with Crippen molar-refractivity contribution in [1.82, 2.24) is 4.98 Å². The summed E-state index contributed by atoms with van der Waals surface area (Å²) in [4.78, 5) is 3.97. The van der Waals surface area contributed by atoms with Crippen LogP contribution in [0, 0.1) is 5.41 Å². The average Bonchev–Trinajstić information content (AvgIpc) is 2.11. The molecule has 0 bridgehead atoms. The number of hydrogen-bond acceptors (Lipinski definition) is 2.